The van der Waals surface area contributed by atoms with Crippen LogP contribution in [0.2, 0.25) is 0 Å². The molecule has 0 bridgehead atoms. The van der Waals surface area contributed by atoms with Gasteiger partial charge in [0.25, 0.3) is 0 Å². The smallest absolute Gasteiger partial charge is 0.212 e. The molecular weight excluding hydrogens is 210 g/mol. The Bertz CT molecular complexity index is 455. The van der Waals surface area contributed by atoms with Crippen LogP contribution in [0.25, 0.3) is 0 Å². The Morgan fingerprint density at radius 2 is 2.07 bits per heavy atom. The van der Waals surface area contributed by atoms with Gasteiger partial charge in [0.1, 0.15) is 0 Å². The highest BCUT2D eigenvalue weighted by molar-refractivity contribution is 7.89. The molecular formula is C11H17NO2S. The first-order valence-electron chi connectivity index (χ1n) is 5.90. The van der Waals surface area contributed by atoms with Crippen LogP contribution in [0.4, 0.5) is 0 Å². The predicted octanol–water partition coefficient (Wildman–Crippen LogP) is 1.21. The van der Waals surface area contributed by atoms with Gasteiger partial charge < -0.3 is 0 Å². The average molecular weight is 227 g/mol. The van der Waals surface area contributed by atoms with E-state index in [1.807, 2.05) is 4.31 Å². The highest BCUT2D eigenvalue weighted by Gasteiger charge is 2.80. The lowest BCUT2D eigenvalue weighted by Crippen LogP contribution is -2.57. The summed E-state index contributed by atoms with van der Waals surface area (Å²) in [5.74, 6) is 1.11. The van der Waals surface area contributed by atoms with E-state index in [2.05, 4.69) is 13.8 Å². The molecule has 2 heterocycles. The Balaban J connectivity index is 1.87. The zero-order valence-corrected chi connectivity index (χ0v) is 10.0. The Kier molecular flexibility index (Phi) is 1.21. The standard InChI is InChI=1S/C11H17NO2S/c1-10(2)5-7-9-11(4-3-8(10)11)6-15(13,14)12(7)9/h7-9H,3-6H2,1-2H3. The second-order valence-corrected chi connectivity index (χ2v) is 8.49. The molecule has 5 unspecified atom stereocenters. The Morgan fingerprint density at radius 1 is 1.33 bits per heavy atom. The molecule has 4 heteroatoms. The van der Waals surface area contributed by atoms with Gasteiger partial charge in [0.2, 0.25) is 10.0 Å². The van der Waals surface area contributed by atoms with Crippen LogP contribution in [-0.2, 0) is 10.0 Å². The van der Waals surface area contributed by atoms with Crippen molar-refractivity contribution in [1.29, 1.82) is 0 Å². The lowest BCUT2D eigenvalue weighted by molar-refractivity contribution is -0.0610. The van der Waals surface area contributed by atoms with Gasteiger partial charge in [-0.3, -0.25) is 0 Å². The zero-order valence-electron chi connectivity index (χ0n) is 9.23. The lowest BCUT2D eigenvalue weighted by atomic mass is 9.46. The van der Waals surface area contributed by atoms with Crippen molar-refractivity contribution < 1.29 is 8.42 Å². The van der Waals surface area contributed by atoms with Crippen LogP contribution in [0.15, 0.2) is 0 Å². The van der Waals surface area contributed by atoms with E-state index in [-0.39, 0.29) is 5.41 Å². The summed E-state index contributed by atoms with van der Waals surface area (Å²) in [7, 11) is -2.87. The lowest BCUT2D eigenvalue weighted by Gasteiger charge is -2.58. The number of hydrogen-bond acceptors (Lipinski definition) is 2. The monoisotopic (exact) mass is 227 g/mol. The van der Waals surface area contributed by atoms with Crippen LogP contribution in [-0.4, -0.2) is 30.6 Å². The minimum absolute atomic E-state index is 0.172. The molecule has 2 saturated carbocycles. The average Bonchev–Trinajstić information content (AvgIpc) is 2.61. The molecule has 2 aliphatic heterocycles. The van der Waals surface area contributed by atoms with Gasteiger partial charge in [-0.2, -0.15) is 4.31 Å². The first-order chi connectivity index (χ1) is 6.89. The van der Waals surface area contributed by atoms with Crippen LogP contribution >= 0.6 is 0 Å². The van der Waals surface area contributed by atoms with Gasteiger partial charge in [0.15, 0.2) is 0 Å². The molecule has 15 heavy (non-hydrogen) atoms. The fraction of sp³-hybridized carbons (Fsp3) is 1.00. The Morgan fingerprint density at radius 3 is 2.67 bits per heavy atom. The molecule has 0 aromatic carbocycles. The number of nitrogens with zero attached hydrogens (tertiary/aromatic N) is 1. The van der Waals surface area contributed by atoms with Crippen LogP contribution in [0.3, 0.4) is 0 Å². The third kappa shape index (κ3) is 0.761. The maximum Gasteiger partial charge on any atom is 0.215 e. The van der Waals surface area contributed by atoms with E-state index in [0.717, 1.165) is 12.8 Å². The fourth-order valence-corrected chi connectivity index (χ4v) is 7.60. The molecule has 84 valence electrons. The molecule has 4 fully saturated rings. The number of fused-ring (bicyclic) bond motifs is 1. The van der Waals surface area contributed by atoms with E-state index in [9.17, 15) is 8.42 Å². The molecule has 0 radical (unpaired) electrons. The van der Waals surface area contributed by atoms with Crippen molar-refractivity contribution in [1.82, 2.24) is 4.31 Å². The third-order valence-corrected chi connectivity index (χ3v) is 7.55. The third-order valence-electron chi connectivity index (χ3n) is 5.51. The van der Waals surface area contributed by atoms with Gasteiger partial charge in [0.05, 0.1) is 5.75 Å². The first kappa shape index (κ1) is 8.99. The summed E-state index contributed by atoms with van der Waals surface area (Å²) < 4.78 is 25.7. The topological polar surface area (TPSA) is 37.1 Å². The summed E-state index contributed by atoms with van der Waals surface area (Å²) in [5.41, 5.74) is 0.537. The van der Waals surface area contributed by atoms with Crippen LogP contribution in [0.1, 0.15) is 33.1 Å². The van der Waals surface area contributed by atoms with E-state index < -0.39 is 10.0 Å². The summed E-state index contributed by atoms with van der Waals surface area (Å²) in [6.45, 7) is 4.66. The van der Waals surface area contributed by atoms with Gasteiger partial charge >= 0.3 is 0 Å². The van der Waals surface area contributed by atoms with Crippen molar-refractivity contribution in [3.05, 3.63) is 0 Å². The van der Waals surface area contributed by atoms with Gasteiger partial charge in [-0.25, -0.2) is 8.42 Å². The molecule has 4 aliphatic rings. The fourth-order valence-electron chi connectivity index (χ4n) is 5.01. The quantitative estimate of drug-likeness (QED) is 0.583. The van der Waals surface area contributed by atoms with Crippen LogP contribution in [0.5, 0.6) is 0 Å². The Labute approximate surface area is 90.9 Å². The molecule has 3 nitrogen and oxygen atoms in total. The summed E-state index contributed by atoms with van der Waals surface area (Å²) >= 11 is 0. The van der Waals surface area contributed by atoms with Gasteiger partial charge in [-0.15, -0.1) is 0 Å². The summed E-state index contributed by atoms with van der Waals surface area (Å²) in [6.07, 6.45) is 3.49. The SMILES string of the molecule is CC1(C)CC2C3N2S(=O)(=O)CC32CCC12. The molecule has 1 spiro atoms. The van der Waals surface area contributed by atoms with Crippen molar-refractivity contribution in [2.45, 2.75) is 45.2 Å². The van der Waals surface area contributed by atoms with Crippen LogP contribution < -0.4 is 0 Å². The predicted molar refractivity (Wildman–Crippen MR) is 56.8 cm³/mol. The molecule has 0 amide bonds. The number of rotatable bonds is 0. The molecule has 5 atom stereocenters. The highest BCUT2D eigenvalue weighted by Crippen LogP contribution is 2.73. The summed E-state index contributed by atoms with van der Waals surface area (Å²) in [6, 6.07) is 0.782. The normalized spacial score (nSPS) is 61.5. The molecule has 4 rings (SSSR count). The molecule has 2 saturated heterocycles. The van der Waals surface area contributed by atoms with Gasteiger partial charge in [-0.05, 0) is 30.6 Å². The largest absolute Gasteiger partial charge is 0.215 e. The van der Waals surface area contributed by atoms with E-state index in [0.29, 0.717) is 29.2 Å². The maximum absolute atomic E-state index is 11.9. The van der Waals surface area contributed by atoms with E-state index >= 15 is 0 Å². The Hall–Kier alpha value is -0.0900. The van der Waals surface area contributed by atoms with Crippen LogP contribution in [0, 0.1) is 16.7 Å². The molecule has 0 aromatic heterocycles. The van der Waals surface area contributed by atoms with Gasteiger partial charge in [-0.1, -0.05) is 13.8 Å². The van der Waals surface area contributed by atoms with Crippen molar-refractivity contribution in [3.63, 3.8) is 0 Å². The summed E-state index contributed by atoms with van der Waals surface area (Å²) in [4.78, 5) is 0. The zero-order chi connectivity index (χ0) is 10.6. The molecule has 0 aromatic rings. The highest BCUT2D eigenvalue weighted by atomic mass is 32.2. The number of hydrogen-bond donors (Lipinski definition) is 0. The minimum Gasteiger partial charge on any atom is -0.212 e. The van der Waals surface area contributed by atoms with E-state index in [1.165, 1.54) is 6.42 Å². The first-order valence-corrected chi connectivity index (χ1v) is 7.51. The second kappa shape index (κ2) is 2.02. The van der Waals surface area contributed by atoms with Crippen molar-refractivity contribution in [2.24, 2.45) is 16.7 Å². The second-order valence-electron chi connectivity index (χ2n) is 6.62. The van der Waals surface area contributed by atoms with Gasteiger partial charge in [0, 0.05) is 17.5 Å². The van der Waals surface area contributed by atoms with E-state index in [1.54, 1.807) is 0 Å². The number of sulfonamides is 1. The molecule has 0 N–H and O–H groups in total. The summed E-state index contributed by atoms with van der Waals surface area (Å²) in [5, 5.41) is 0. The maximum atomic E-state index is 11.9. The molecule has 2 aliphatic carbocycles. The van der Waals surface area contributed by atoms with E-state index in [4.69, 9.17) is 0 Å². The van der Waals surface area contributed by atoms with Crippen molar-refractivity contribution in [2.75, 3.05) is 5.75 Å². The minimum atomic E-state index is -2.87. The van der Waals surface area contributed by atoms with Crippen molar-refractivity contribution >= 4 is 10.0 Å². The van der Waals surface area contributed by atoms with Crippen molar-refractivity contribution in [3.8, 4) is 0 Å².